The molecule has 0 unspecified atom stereocenters. The molecule has 0 radical (unpaired) electrons. The van der Waals surface area contributed by atoms with Crippen LogP contribution in [0.25, 0.3) is 10.9 Å². The van der Waals surface area contributed by atoms with Crippen LogP contribution >= 0.6 is 0 Å². The summed E-state index contributed by atoms with van der Waals surface area (Å²) in [6, 6.07) is 8.38. The van der Waals surface area contributed by atoms with E-state index in [2.05, 4.69) is 70.2 Å². The number of carbonyl (C=O) groups excluding carboxylic acids is 1. The molecule has 2 nitrogen and oxygen atoms in total. The zero-order valence-electron chi connectivity index (χ0n) is 15.0. The Bertz CT molecular complexity index is 660. The lowest BCUT2D eigenvalue weighted by atomic mass is 10.1. The van der Waals surface area contributed by atoms with Gasteiger partial charge in [-0.05, 0) is 29.6 Å². The molecule has 0 spiro atoms. The average molecular weight is 316 g/mol. The predicted molar refractivity (Wildman–Crippen MR) is 98.4 cm³/mol. The van der Waals surface area contributed by atoms with E-state index in [1.54, 1.807) is 6.92 Å². The van der Waals surface area contributed by atoms with Crippen LogP contribution in [-0.4, -0.2) is 18.3 Å². The molecule has 120 valence electrons. The number of rotatable bonds is 5. The van der Waals surface area contributed by atoms with Gasteiger partial charge in [0, 0.05) is 22.7 Å². The number of fused-ring (bicyclic) bond motifs is 1. The van der Waals surface area contributed by atoms with Crippen LogP contribution in [0.2, 0.25) is 16.6 Å². The largest absolute Gasteiger partial charge is 0.373 e. The van der Waals surface area contributed by atoms with Crippen molar-refractivity contribution in [2.45, 2.75) is 65.1 Å². The third-order valence-electron chi connectivity index (χ3n) is 5.28. The quantitative estimate of drug-likeness (QED) is 0.500. The molecule has 0 saturated carbocycles. The molecule has 0 saturated heterocycles. The first-order valence-corrected chi connectivity index (χ1v) is 10.5. The molecule has 0 amide bonds. The zero-order valence-corrected chi connectivity index (χ0v) is 16.0. The zero-order chi connectivity index (χ0) is 16.7. The number of ketones is 1. The van der Waals surface area contributed by atoms with Gasteiger partial charge in [0.25, 0.3) is 0 Å². The Balaban J connectivity index is 2.89. The maximum atomic E-state index is 12.1. The van der Waals surface area contributed by atoms with Crippen molar-refractivity contribution in [2.75, 3.05) is 0 Å². The minimum absolute atomic E-state index is 0.161. The van der Waals surface area contributed by atoms with E-state index in [0.717, 1.165) is 10.9 Å². The first-order chi connectivity index (χ1) is 10.2. The van der Waals surface area contributed by atoms with E-state index in [4.69, 9.17) is 0 Å². The third kappa shape index (κ3) is 2.36. The second-order valence-corrected chi connectivity index (χ2v) is 13.1. The summed E-state index contributed by atoms with van der Waals surface area (Å²) < 4.78 is 2.53. The SMILES string of the molecule is CC(=O)c1cn([Si](C(C)C)(C(C)C)C(C)C)c2ccccc12. The summed E-state index contributed by atoms with van der Waals surface area (Å²) in [6.07, 6.45) is 2.15. The number of hydrogen-bond donors (Lipinski definition) is 0. The Labute approximate surface area is 135 Å². The van der Waals surface area contributed by atoms with Crippen LogP contribution in [0.1, 0.15) is 58.8 Å². The van der Waals surface area contributed by atoms with Crippen LogP contribution in [0, 0.1) is 0 Å². The van der Waals surface area contributed by atoms with E-state index in [0.29, 0.717) is 16.6 Å². The van der Waals surface area contributed by atoms with E-state index >= 15 is 0 Å². The molecule has 0 bridgehead atoms. The van der Waals surface area contributed by atoms with Gasteiger partial charge in [0.15, 0.2) is 14.0 Å². The normalized spacial score (nSPS) is 12.8. The number of carbonyl (C=O) groups is 1. The molecule has 0 aliphatic carbocycles. The number of benzene rings is 1. The first-order valence-electron chi connectivity index (χ1n) is 8.36. The second kappa shape index (κ2) is 6.03. The Hall–Kier alpha value is -1.35. The molecular formula is C19H29NOSi. The van der Waals surface area contributed by atoms with Gasteiger partial charge in [-0.3, -0.25) is 4.79 Å². The van der Waals surface area contributed by atoms with Gasteiger partial charge in [-0.25, -0.2) is 0 Å². The lowest BCUT2D eigenvalue weighted by Crippen LogP contribution is -2.51. The Morgan fingerprint density at radius 1 is 0.955 bits per heavy atom. The van der Waals surface area contributed by atoms with Gasteiger partial charge in [-0.15, -0.1) is 0 Å². The van der Waals surface area contributed by atoms with Crippen LogP contribution in [0.5, 0.6) is 0 Å². The van der Waals surface area contributed by atoms with E-state index in [1.165, 1.54) is 5.52 Å². The van der Waals surface area contributed by atoms with Gasteiger partial charge < -0.3 is 4.23 Å². The number of hydrogen-bond acceptors (Lipinski definition) is 1. The molecule has 0 N–H and O–H groups in total. The van der Waals surface area contributed by atoms with Crippen LogP contribution in [0.4, 0.5) is 0 Å². The monoisotopic (exact) mass is 315 g/mol. The molecule has 1 heterocycles. The molecule has 1 aromatic heterocycles. The number of Topliss-reactive ketones (excluding diaryl/α,β-unsaturated/α-hetero) is 1. The molecule has 22 heavy (non-hydrogen) atoms. The van der Waals surface area contributed by atoms with Crippen molar-refractivity contribution < 1.29 is 4.79 Å². The summed E-state index contributed by atoms with van der Waals surface area (Å²) >= 11 is 0. The molecule has 2 rings (SSSR count). The van der Waals surface area contributed by atoms with Crippen molar-refractivity contribution in [3.8, 4) is 0 Å². The second-order valence-electron chi connectivity index (χ2n) is 7.34. The molecule has 0 fully saturated rings. The number of para-hydroxylation sites is 1. The highest BCUT2D eigenvalue weighted by atomic mass is 28.3. The lowest BCUT2D eigenvalue weighted by molar-refractivity contribution is 0.101. The molecule has 0 atom stereocenters. The fourth-order valence-electron chi connectivity index (χ4n) is 4.62. The highest BCUT2D eigenvalue weighted by Crippen LogP contribution is 2.44. The van der Waals surface area contributed by atoms with Crippen molar-refractivity contribution >= 4 is 24.9 Å². The molecule has 2 aromatic rings. The summed E-state index contributed by atoms with van der Waals surface area (Å²) in [6.45, 7) is 15.8. The summed E-state index contributed by atoms with van der Waals surface area (Å²) in [5.74, 6) is 0.161. The van der Waals surface area contributed by atoms with E-state index < -0.39 is 8.24 Å². The third-order valence-corrected chi connectivity index (χ3v) is 12.0. The van der Waals surface area contributed by atoms with Gasteiger partial charge in [-0.2, -0.15) is 0 Å². The van der Waals surface area contributed by atoms with Gasteiger partial charge >= 0.3 is 0 Å². The smallest absolute Gasteiger partial charge is 0.169 e. The number of nitrogens with zero attached hydrogens (tertiary/aromatic N) is 1. The highest BCUT2D eigenvalue weighted by molar-refractivity contribution is 6.82. The molecule has 1 aromatic carbocycles. The highest BCUT2D eigenvalue weighted by Gasteiger charge is 2.46. The summed E-state index contributed by atoms with van der Waals surface area (Å²) in [5.41, 5.74) is 3.94. The van der Waals surface area contributed by atoms with Gasteiger partial charge in [0.05, 0.1) is 0 Å². The fraction of sp³-hybridized carbons (Fsp3) is 0.526. The Kier molecular flexibility index (Phi) is 4.66. The van der Waals surface area contributed by atoms with Gasteiger partial charge in [-0.1, -0.05) is 59.7 Å². The van der Waals surface area contributed by atoms with Crippen molar-refractivity contribution in [3.05, 3.63) is 36.0 Å². The van der Waals surface area contributed by atoms with Crippen molar-refractivity contribution in [1.82, 2.24) is 4.23 Å². The van der Waals surface area contributed by atoms with Crippen molar-refractivity contribution in [1.29, 1.82) is 0 Å². The minimum atomic E-state index is -1.83. The summed E-state index contributed by atoms with van der Waals surface area (Å²) in [5, 5.41) is 1.11. The predicted octanol–water partition coefficient (Wildman–Crippen LogP) is 5.87. The Morgan fingerprint density at radius 3 is 1.91 bits per heavy atom. The number of aromatic nitrogens is 1. The molecule has 0 aliphatic rings. The van der Waals surface area contributed by atoms with Crippen LogP contribution in [0.3, 0.4) is 0 Å². The van der Waals surface area contributed by atoms with E-state index in [-0.39, 0.29) is 5.78 Å². The van der Waals surface area contributed by atoms with E-state index in [1.807, 2.05) is 6.07 Å². The molecule has 3 heteroatoms. The Morgan fingerprint density at radius 2 is 1.45 bits per heavy atom. The summed E-state index contributed by atoms with van der Waals surface area (Å²) in [4.78, 5) is 12.1. The van der Waals surface area contributed by atoms with E-state index in [9.17, 15) is 4.79 Å². The first kappa shape index (κ1) is 17.0. The van der Waals surface area contributed by atoms with Crippen molar-refractivity contribution in [2.24, 2.45) is 0 Å². The van der Waals surface area contributed by atoms with Gasteiger partial charge in [0.2, 0.25) is 0 Å². The van der Waals surface area contributed by atoms with Gasteiger partial charge in [0.1, 0.15) is 0 Å². The standard InChI is InChI=1S/C19H29NOSi/c1-13(2)22(14(3)4,15(5)6)20-12-18(16(7)21)17-10-8-9-11-19(17)20/h8-15H,1-7H3. The maximum Gasteiger partial charge on any atom is 0.169 e. The van der Waals surface area contributed by atoms with Crippen LogP contribution < -0.4 is 0 Å². The maximum absolute atomic E-state index is 12.1. The topological polar surface area (TPSA) is 22.0 Å². The lowest BCUT2D eigenvalue weighted by Gasteiger charge is -2.44. The summed E-state index contributed by atoms with van der Waals surface area (Å²) in [7, 11) is -1.83. The minimum Gasteiger partial charge on any atom is -0.373 e. The molecular weight excluding hydrogens is 286 g/mol. The fourth-order valence-corrected chi connectivity index (χ4v) is 11.2. The van der Waals surface area contributed by atoms with Crippen LogP contribution in [0.15, 0.2) is 30.5 Å². The average Bonchev–Trinajstić information content (AvgIpc) is 2.78. The van der Waals surface area contributed by atoms with Crippen molar-refractivity contribution in [3.63, 3.8) is 0 Å². The van der Waals surface area contributed by atoms with Crippen LogP contribution in [-0.2, 0) is 0 Å². The molecule has 0 aliphatic heterocycles.